The smallest absolute Gasteiger partial charge is 0.250 e. The van der Waals surface area contributed by atoms with E-state index in [-0.39, 0.29) is 11.8 Å². The van der Waals surface area contributed by atoms with E-state index in [0.717, 1.165) is 22.1 Å². The SMILES string of the molecule is CONC(=O)[C@H](C)c1ccc2cc(OC)ccc2c1. The van der Waals surface area contributed by atoms with Crippen LogP contribution >= 0.6 is 0 Å². The molecule has 0 spiro atoms. The second-order valence-corrected chi connectivity index (χ2v) is 4.36. The summed E-state index contributed by atoms with van der Waals surface area (Å²) >= 11 is 0. The Balaban J connectivity index is 2.33. The molecule has 0 aliphatic carbocycles. The van der Waals surface area contributed by atoms with Crippen LogP contribution in [0.5, 0.6) is 5.75 Å². The molecule has 0 unspecified atom stereocenters. The maximum absolute atomic E-state index is 11.7. The molecule has 0 aliphatic heterocycles. The summed E-state index contributed by atoms with van der Waals surface area (Å²) in [4.78, 5) is 16.4. The Bertz CT molecular complexity index is 595. The van der Waals surface area contributed by atoms with Crippen molar-refractivity contribution in [3.05, 3.63) is 42.0 Å². The first-order valence-electron chi connectivity index (χ1n) is 6.06. The molecule has 0 bridgehead atoms. The predicted octanol–water partition coefficient (Wildman–Crippen LogP) is 2.63. The number of amides is 1. The van der Waals surface area contributed by atoms with E-state index in [2.05, 4.69) is 10.3 Å². The van der Waals surface area contributed by atoms with Gasteiger partial charge < -0.3 is 4.74 Å². The maximum atomic E-state index is 11.7. The molecule has 2 aromatic rings. The van der Waals surface area contributed by atoms with Gasteiger partial charge >= 0.3 is 0 Å². The summed E-state index contributed by atoms with van der Waals surface area (Å²) in [6, 6.07) is 11.8. The van der Waals surface area contributed by atoms with Crippen LogP contribution in [0.4, 0.5) is 0 Å². The van der Waals surface area contributed by atoms with Gasteiger partial charge in [-0.05, 0) is 35.4 Å². The van der Waals surface area contributed by atoms with Crippen LogP contribution < -0.4 is 10.2 Å². The Morgan fingerprint density at radius 1 is 1.11 bits per heavy atom. The van der Waals surface area contributed by atoms with Crippen LogP contribution in [0.25, 0.3) is 10.8 Å². The number of ether oxygens (including phenoxy) is 1. The van der Waals surface area contributed by atoms with Gasteiger partial charge in [-0.1, -0.05) is 24.3 Å². The first-order valence-corrected chi connectivity index (χ1v) is 6.06. The minimum Gasteiger partial charge on any atom is -0.497 e. The van der Waals surface area contributed by atoms with E-state index in [4.69, 9.17) is 4.74 Å². The highest BCUT2D eigenvalue weighted by Crippen LogP contribution is 2.25. The van der Waals surface area contributed by atoms with Gasteiger partial charge in [-0.15, -0.1) is 0 Å². The lowest BCUT2D eigenvalue weighted by atomic mass is 9.97. The van der Waals surface area contributed by atoms with Crippen molar-refractivity contribution in [2.45, 2.75) is 12.8 Å². The summed E-state index contributed by atoms with van der Waals surface area (Å²) in [6.07, 6.45) is 0. The molecule has 4 heteroatoms. The minimum absolute atomic E-state index is 0.157. The molecule has 0 radical (unpaired) electrons. The van der Waals surface area contributed by atoms with E-state index in [1.807, 2.05) is 43.3 Å². The summed E-state index contributed by atoms with van der Waals surface area (Å²) < 4.78 is 5.19. The third kappa shape index (κ3) is 2.85. The van der Waals surface area contributed by atoms with Gasteiger partial charge in [-0.2, -0.15) is 0 Å². The first-order chi connectivity index (χ1) is 9.15. The van der Waals surface area contributed by atoms with E-state index in [0.29, 0.717) is 0 Å². The van der Waals surface area contributed by atoms with Gasteiger partial charge in [-0.3, -0.25) is 9.63 Å². The number of nitrogens with one attached hydrogen (secondary N) is 1. The Morgan fingerprint density at radius 2 is 1.79 bits per heavy atom. The van der Waals surface area contributed by atoms with Crippen LogP contribution in [0, 0.1) is 0 Å². The second kappa shape index (κ2) is 5.71. The van der Waals surface area contributed by atoms with E-state index in [1.165, 1.54) is 7.11 Å². The van der Waals surface area contributed by atoms with E-state index < -0.39 is 0 Å². The highest BCUT2D eigenvalue weighted by atomic mass is 16.6. The van der Waals surface area contributed by atoms with Crippen LogP contribution in [0.15, 0.2) is 36.4 Å². The molecule has 2 aromatic carbocycles. The zero-order valence-corrected chi connectivity index (χ0v) is 11.3. The molecule has 1 N–H and O–H groups in total. The number of hydrogen-bond acceptors (Lipinski definition) is 3. The Hall–Kier alpha value is -2.07. The molecule has 100 valence electrons. The van der Waals surface area contributed by atoms with Gasteiger partial charge in [0, 0.05) is 0 Å². The zero-order valence-electron chi connectivity index (χ0n) is 11.3. The Labute approximate surface area is 112 Å². The van der Waals surface area contributed by atoms with Crippen molar-refractivity contribution in [2.75, 3.05) is 14.2 Å². The van der Waals surface area contributed by atoms with Gasteiger partial charge in [0.15, 0.2) is 0 Å². The summed E-state index contributed by atoms with van der Waals surface area (Å²) in [5, 5.41) is 2.16. The van der Waals surface area contributed by atoms with Crippen LogP contribution in [0.1, 0.15) is 18.4 Å². The van der Waals surface area contributed by atoms with Crippen LogP contribution in [-0.4, -0.2) is 20.1 Å². The number of fused-ring (bicyclic) bond motifs is 1. The van der Waals surface area contributed by atoms with Crippen molar-refractivity contribution in [1.29, 1.82) is 0 Å². The van der Waals surface area contributed by atoms with Crippen molar-refractivity contribution in [2.24, 2.45) is 0 Å². The van der Waals surface area contributed by atoms with Crippen molar-refractivity contribution >= 4 is 16.7 Å². The highest BCUT2D eigenvalue weighted by Gasteiger charge is 2.15. The topological polar surface area (TPSA) is 47.6 Å². The lowest BCUT2D eigenvalue weighted by Gasteiger charge is -2.12. The van der Waals surface area contributed by atoms with E-state index in [1.54, 1.807) is 7.11 Å². The average molecular weight is 259 g/mol. The molecule has 19 heavy (non-hydrogen) atoms. The Morgan fingerprint density at radius 3 is 2.47 bits per heavy atom. The standard InChI is InChI=1S/C15H17NO3/c1-10(15(17)16-19-3)11-4-5-13-9-14(18-2)7-6-12(13)8-11/h4-10H,1-3H3,(H,16,17)/t10-/m1/s1. The number of rotatable bonds is 4. The van der Waals surface area contributed by atoms with Crippen molar-refractivity contribution in [3.63, 3.8) is 0 Å². The fraction of sp³-hybridized carbons (Fsp3) is 0.267. The molecule has 1 amide bonds. The van der Waals surface area contributed by atoms with Gasteiger partial charge in [0.1, 0.15) is 5.75 Å². The molecule has 0 aliphatic rings. The van der Waals surface area contributed by atoms with Crippen LogP contribution in [0.2, 0.25) is 0 Å². The lowest BCUT2D eigenvalue weighted by Crippen LogP contribution is -2.26. The third-order valence-corrected chi connectivity index (χ3v) is 3.17. The molecular formula is C15H17NO3. The number of carbonyl (C=O) groups is 1. The van der Waals surface area contributed by atoms with Crippen molar-refractivity contribution in [1.82, 2.24) is 5.48 Å². The molecule has 0 fully saturated rings. The number of methoxy groups -OCH3 is 1. The lowest BCUT2D eigenvalue weighted by molar-refractivity contribution is -0.132. The number of carbonyl (C=O) groups excluding carboxylic acids is 1. The predicted molar refractivity (Wildman–Crippen MR) is 74.1 cm³/mol. The Kier molecular flexibility index (Phi) is 4.02. The average Bonchev–Trinajstić information content (AvgIpc) is 2.45. The van der Waals surface area contributed by atoms with Crippen LogP contribution in [-0.2, 0) is 9.63 Å². The number of hydroxylamine groups is 1. The summed E-state index contributed by atoms with van der Waals surface area (Å²) in [5.74, 6) is 0.409. The quantitative estimate of drug-likeness (QED) is 0.859. The molecular weight excluding hydrogens is 242 g/mol. The van der Waals surface area contributed by atoms with Crippen LogP contribution in [0.3, 0.4) is 0 Å². The largest absolute Gasteiger partial charge is 0.497 e. The molecule has 2 rings (SSSR count). The maximum Gasteiger partial charge on any atom is 0.250 e. The molecule has 4 nitrogen and oxygen atoms in total. The van der Waals surface area contributed by atoms with Crippen molar-refractivity contribution < 1.29 is 14.4 Å². The summed E-state index contributed by atoms with van der Waals surface area (Å²) in [5.41, 5.74) is 3.30. The third-order valence-electron chi connectivity index (χ3n) is 3.17. The summed E-state index contributed by atoms with van der Waals surface area (Å²) in [6.45, 7) is 1.85. The number of hydrogen-bond donors (Lipinski definition) is 1. The van der Waals surface area contributed by atoms with E-state index >= 15 is 0 Å². The van der Waals surface area contributed by atoms with Gasteiger partial charge in [0.25, 0.3) is 5.91 Å². The van der Waals surface area contributed by atoms with Gasteiger partial charge in [0.2, 0.25) is 0 Å². The molecule has 0 aromatic heterocycles. The summed E-state index contributed by atoms with van der Waals surface area (Å²) in [7, 11) is 3.07. The second-order valence-electron chi connectivity index (χ2n) is 4.36. The van der Waals surface area contributed by atoms with Gasteiger partial charge in [0.05, 0.1) is 20.1 Å². The fourth-order valence-corrected chi connectivity index (χ4v) is 1.98. The fourth-order valence-electron chi connectivity index (χ4n) is 1.98. The molecule has 1 atom stereocenters. The normalized spacial score (nSPS) is 12.2. The molecule has 0 heterocycles. The van der Waals surface area contributed by atoms with Gasteiger partial charge in [-0.25, -0.2) is 5.48 Å². The molecule has 0 saturated heterocycles. The molecule has 0 saturated carbocycles. The van der Waals surface area contributed by atoms with Crippen molar-refractivity contribution in [3.8, 4) is 5.75 Å². The van der Waals surface area contributed by atoms with E-state index in [9.17, 15) is 4.79 Å². The minimum atomic E-state index is -0.258. The zero-order chi connectivity index (χ0) is 13.8. The number of benzene rings is 2. The monoisotopic (exact) mass is 259 g/mol. The first kappa shape index (κ1) is 13.4. The highest BCUT2D eigenvalue weighted by molar-refractivity contribution is 5.88.